The highest BCUT2D eigenvalue weighted by atomic mass is 35.5. The summed E-state index contributed by atoms with van der Waals surface area (Å²) in [5.74, 6) is 0.739. The van der Waals surface area contributed by atoms with E-state index in [-0.39, 0.29) is 0 Å². The molecule has 0 aromatic rings. The molecule has 0 aliphatic carbocycles. The second kappa shape index (κ2) is 5.36. The normalized spacial score (nSPS) is 13.6. The second-order valence-corrected chi connectivity index (χ2v) is 2.22. The highest BCUT2D eigenvalue weighted by Gasteiger charge is 1.97. The molecule has 0 aromatic heterocycles. The van der Waals surface area contributed by atoms with Crippen LogP contribution in [0, 0.1) is 0 Å². The molecule has 0 aliphatic rings. The molecule has 0 saturated heterocycles. The summed E-state index contributed by atoms with van der Waals surface area (Å²) in [4.78, 5) is 0. The van der Waals surface area contributed by atoms with Crippen molar-refractivity contribution in [1.82, 2.24) is 0 Å². The SMILES string of the molecule is C/C=C(OC)\C(Cl)=C/CC. The Balaban J connectivity index is 4.16. The molecule has 0 unspecified atom stereocenters. The Morgan fingerprint density at radius 1 is 1.60 bits per heavy atom. The smallest absolute Gasteiger partial charge is 0.132 e. The number of rotatable bonds is 3. The maximum Gasteiger partial charge on any atom is 0.132 e. The van der Waals surface area contributed by atoms with Crippen molar-refractivity contribution in [3.8, 4) is 0 Å². The van der Waals surface area contributed by atoms with E-state index in [1.807, 2.05) is 26.0 Å². The molecule has 58 valence electrons. The Hall–Kier alpha value is -0.430. The van der Waals surface area contributed by atoms with Gasteiger partial charge in [0.25, 0.3) is 0 Å². The molecule has 10 heavy (non-hydrogen) atoms. The van der Waals surface area contributed by atoms with Gasteiger partial charge >= 0.3 is 0 Å². The first-order valence-corrected chi connectivity index (χ1v) is 3.70. The number of allylic oxidation sites excluding steroid dienone is 3. The maximum absolute atomic E-state index is 5.82. The highest BCUT2D eigenvalue weighted by Crippen LogP contribution is 2.15. The number of hydrogen-bond acceptors (Lipinski definition) is 1. The molecule has 0 aromatic carbocycles. The van der Waals surface area contributed by atoms with E-state index >= 15 is 0 Å². The van der Waals surface area contributed by atoms with Crippen LogP contribution in [0.4, 0.5) is 0 Å². The van der Waals surface area contributed by atoms with Gasteiger partial charge in [-0.1, -0.05) is 24.6 Å². The Labute approximate surface area is 67.3 Å². The number of ether oxygens (including phenoxy) is 1. The fraction of sp³-hybridized carbons (Fsp3) is 0.500. The summed E-state index contributed by atoms with van der Waals surface area (Å²) in [5, 5.41) is 0.688. The van der Waals surface area contributed by atoms with Gasteiger partial charge in [-0.2, -0.15) is 0 Å². The van der Waals surface area contributed by atoms with Crippen molar-refractivity contribution in [3.63, 3.8) is 0 Å². The Kier molecular flexibility index (Phi) is 5.13. The fourth-order valence-electron chi connectivity index (χ4n) is 0.633. The van der Waals surface area contributed by atoms with E-state index in [9.17, 15) is 0 Å². The van der Waals surface area contributed by atoms with Gasteiger partial charge in [0.05, 0.1) is 12.1 Å². The van der Waals surface area contributed by atoms with Gasteiger partial charge in [0.2, 0.25) is 0 Å². The quantitative estimate of drug-likeness (QED) is 0.456. The lowest BCUT2D eigenvalue weighted by molar-refractivity contribution is 0.304. The first kappa shape index (κ1) is 9.57. The maximum atomic E-state index is 5.82. The molecule has 1 nitrogen and oxygen atoms in total. The summed E-state index contributed by atoms with van der Waals surface area (Å²) in [6.45, 7) is 3.93. The zero-order valence-corrected chi connectivity index (χ0v) is 7.40. The van der Waals surface area contributed by atoms with E-state index in [4.69, 9.17) is 16.3 Å². The largest absolute Gasteiger partial charge is 0.496 e. The predicted molar refractivity (Wildman–Crippen MR) is 45.0 cm³/mol. The van der Waals surface area contributed by atoms with Gasteiger partial charge in [-0.05, 0) is 19.4 Å². The standard InChI is InChI=1S/C8H13ClO/c1-4-6-7(9)8(5-2)10-3/h5-6H,4H2,1-3H3/b7-6+,8-5+. The monoisotopic (exact) mass is 160 g/mol. The first-order chi connectivity index (χ1) is 4.76. The Morgan fingerprint density at radius 2 is 2.20 bits per heavy atom. The van der Waals surface area contributed by atoms with Crippen LogP contribution in [0.5, 0.6) is 0 Å². The van der Waals surface area contributed by atoms with E-state index in [0.29, 0.717) is 5.03 Å². The minimum atomic E-state index is 0.688. The summed E-state index contributed by atoms with van der Waals surface area (Å²) in [7, 11) is 1.61. The lowest BCUT2D eigenvalue weighted by Crippen LogP contribution is -1.85. The Bertz CT molecular complexity index is 147. The molecule has 0 rings (SSSR count). The van der Waals surface area contributed by atoms with Gasteiger partial charge in [-0.25, -0.2) is 0 Å². The van der Waals surface area contributed by atoms with Crippen molar-refractivity contribution in [2.24, 2.45) is 0 Å². The van der Waals surface area contributed by atoms with Crippen LogP contribution < -0.4 is 0 Å². The van der Waals surface area contributed by atoms with Crippen LogP contribution >= 0.6 is 11.6 Å². The average molecular weight is 161 g/mol. The molecule has 0 aliphatic heterocycles. The second-order valence-electron chi connectivity index (χ2n) is 1.82. The van der Waals surface area contributed by atoms with E-state index in [0.717, 1.165) is 12.2 Å². The third kappa shape index (κ3) is 2.92. The van der Waals surface area contributed by atoms with E-state index in [2.05, 4.69) is 0 Å². The molecule has 0 bridgehead atoms. The van der Waals surface area contributed by atoms with Crippen LogP contribution in [0.1, 0.15) is 20.3 Å². The van der Waals surface area contributed by atoms with Gasteiger partial charge < -0.3 is 4.74 Å². The zero-order chi connectivity index (χ0) is 7.98. The summed E-state index contributed by atoms with van der Waals surface area (Å²) in [5.41, 5.74) is 0. The first-order valence-electron chi connectivity index (χ1n) is 3.32. The average Bonchev–Trinajstić information content (AvgIpc) is 1.91. The molecule has 0 fully saturated rings. The molecule has 0 radical (unpaired) electrons. The van der Waals surface area contributed by atoms with Crippen LogP contribution in [0.15, 0.2) is 22.9 Å². The summed E-state index contributed by atoms with van der Waals surface area (Å²) >= 11 is 5.82. The molecule has 0 spiro atoms. The van der Waals surface area contributed by atoms with Crippen LogP contribution in [-0.4, -0.2) is 7.11 Å². The number of halogens is 1. The molecular formula is C8H13ClO. The third-order valence-corrected chi connectivity index (χ3v) is 1.44. The summed E-state index contributed by atoms with van der Waals surface area (Å²) in [6, 6.07) is 0. The highest BCUT2D eigenvalue weighted by molar-refractivity contribution is 6.31. The van der Waals surface area contributed by atoms with Crippen LogP contribution in [0.3, 0.4) is 0 Å². The molecule has 0 saturated carbocycles. The van der Waals surface area contributed by atoms with E-state index in [1.54, 1.807) is 7.11 Å². The predicted octanol–water partition coefficient (Wildman–Crippen LogP) is 3.07. The van der Waals surface area contributed by atoms with Gasteiger partial charge in [0, 0.05) is 0 Å². The van der Waals surface area contributed by atoms with Gasteiger partial charge in [-0.3, -0.25) is 0 Å². The van der Waals surface area contributed by atoms with E-state index in [1.165, 1.54) is 0 Å². The summed E-state index contributed by atoms with van der Waals surface area (Å²) in [6.07, 6.45) is 4.69. The molecule has 0 amide bonds. The van der Waals surface area contributed by atoms with Crippen LogP contribution in [0.25, 0.3) is 0 Å². The van der Waals surface area contributed by atoms with Crippen molar-refractivity contribution in [3.05, 3.63) is 22.9 Å². The van der Waals surface area contributed by atoms with E-state index < -0.39 is 0 Å². The molecular weight excluding hydrogens is 148 g/mol. The molecule has 0 heterocycles. The van der Waals surface area contributed by atoms with Gasteiger partial charge in [0.15, 0.2) is 0 Å². The van der Waals surface area contributed by atoms with Crippen molar-refractivity contribution >= 4 is 11.6 Å². The minimum absolute atomic E-state index is 0.688. The zero-order valence-electron chi connectivity index (χ0n) is 6.65. The summed E-state index contributed by atoms with van der Waals surface area (Å²) < 4.78 is 4.97. The number of methoxy groups -OCH3 is 1. The van der Waals surface area contributed by atoms with Crippen molar-refractivity contribution in [2.45, 2.75) is 20.3 Å². The molecule has 2 heteroatoms. The van der Waals surface area contributed by atoms with Gasteiger partial charge in [0.1, 0.15) is 5.76 Å². The minimum Gasteiger partial charge on any atom is -0.496 e. The van der Waals surface area contributed by atoms with Crippen molar-refractivity contribution in [2.75, 3.05) is 7.11 Å². The van der Waals surface area contributed by atoms with Gasteiger partial charge in [-0.15, -0.1) is 0 Å². The number of hydrogen-bond donors (Lipinski definition) is 0. The fourth-order valence-corrected chi connectivity index (χ4v) is 0.974. The topological polar surface area (TPSA) is 9.23 Å². The lowest BCUT2D eigenvalue weighted by Gasteiger charge is -2.01. The van der Waals surface area contributed by atoms with Crippen LogP contribution in [-0.2, 0) is 4.74 Å². The molecule has 0 N–H and O–H groups in total. The van der Waals surface area contributed by atoms with Crippen molar-refractivity contribution in [1.29, 1.82) is 0 Å². The third-order valence-electron chi connectivity index (χ3n) is 1.10. The molecule has 0 atom stereocenters. The van der Waals surface area contributed by atoms with Crippen LogP contribution in [0.2, 0.25) is 0 Å². The lowest BCUT2D eigenvalue weighted by atomic mass is 10.3. The van der Waals surface area contributed by atoms with Crippen molar-refractivity contribution < 1.29 is 4.74 Å². The Morgan fingerprint density at radius 3 is 2.50 bits per heavy atom.